The molecule has 22 heavy (non-hydrogen) atoms. The lowest BCUT2D eigenvalue weighted by Gasteiger charge is -2.08. The van der Waals surface area contributed by atoms with Crippen LogP contribution in [0, 0.1) is 0 Å². The molecular formula is C16H12N4O2. The van der Waals surface area contributed by atoms with E-state index in [1.807, 2.05) is 30.3 Å². The zero-order valence-corrected chi connectivity index (χ0v) is 11.6. The van der Waals surface area contributed by atoms with Crippen molar-refractivity contribution in [2.75, 3.05) is 0 Å². The summed E-state index contributed by atoms with van der Waals surface area (Å²) in [5.74, 6) is -0.546. The molecule has 0 atom stereocenters. The van der Waals surface area contributed by atoms with E-state index in [1.54, 1.807) is 6.21 Å². The van der Waals surface area contributed by atoms with Gasteiger partial charge >= 0.3 is 0 Å². The summed E-state index contributed by atoms with van der Waals surface area (Å²) in [6, 6.07) is 12.5. The number of hydrazone groups is 1. The highest BCUT2D eigenvalue weighted by Crippen LogP contribution is 2.13. The monoisotopic (exact) mass is 292 g/mol. The van der Waals surface area contributed by atoms with Gasteiger partial charge in [-0.3, -0.25) is 14.6 Å². The molecule has 1 aliphatic rings. The molecule has 0 fully saturated rings. The Bertz CT molecular complexity index is 754. The zero-order chi connectivity index (χ0) is 15.4. The van der Waals surface area contributed by atoms with Crippen molar-refractivity contribution in [3.63, 3.8) is 0 Å². The molecule has 1 aromatic heterocycles. The lowest BCUT2D eigenvalue weighted by Crippen LogP contribution is -2.28. The fourth-order valence-corrected chi connectivity index (χ4v) is 1.95. The molecular weight excluding hydrogens is 280 g/mol. The van der Waals surface area contributed by atoms with E-state index < -0.39 is 5.91 Å². The summed E-state index contributed by atoms with van der Waals surface area (Å²) in [5, 5.41) is 4.85. The third-order valence-corrected chi connectivity index (χ3v) is 3.04. The second-order valence-electron chi connectivity index (χ2n) is 4.61. The number of imide groups is 1. The highest BCUT2D eigenvalue weighted by molar-refractivity contribution is 6.15. The number of amides is 2. The lowest BCUT2D eigenvalue weighted by atomic mass is 10.2. The second kappa shape index (κ2) is 6.09. The summed E-state index contributed by atoms with van der Waals surface area (Å²) in [4.78, 5) is 32.1. The van der Waals surface area contributed by atoms with Crippen LogP contribution in [0.4, 0.5) is 0 Å². The molecule has 2 aromatic rings. The van der Waals surface area contributed by atoms with E-state index in [0.717, 1.165) is 10.6 Å². The molecule has 2 heterocycles. The van der Waals surface area contributed by atoms with Crippen molar-refractivity contribution in [3.05, 3.63) is 66.0 Å². The number of carbonyl (C=O) groups excluding carboxylic acids is 2. The fourth-order valence-electron chi connectivity index (χ4n) is 1.95. The van der Waals surface area contributed by atoms with Crippen LogP contribution in [0.5, 0.6) is 0 Å². The van der Waals surface area contributed by atoms with Crippen molar-refractivity contribution in [2.24, 2.45) is 10.1 Å². The predicted octanol–water partition coefficient (Wildman–Crippen LogP) is 1.89. The van der Waals surface area contributed by atoms with Crippen LogP contribution in [0.25, 0.3) is 0 Å². The number of pyridine rings is 1. The van der Waals surface area contributed by atoms with Gasteiger partial charge < -0.3 is 0 Å². The molecule has 0 unspecified atom stereocenters. The average molecular weight is 292 g/mol. The van der Waals surface area contributed by atoms with E-state index in [-0.39, 0.29) is 12.3 Å². The number of hydrogen-bond donors (Lipinski definition) is 0. The molecule has 1 aromatic carbocycles. The van der Waals surface area contributed by atoms with Crippen LogP contribution >= 0.6 is 0 Å². The quantitative estimate of drug-likeness (QED) is 0.626. The van der Waals surface area contributed by atoms with Crippen LogP contribution in [-0.2, 0) is 4.79 Å². The van der Waals surface area contributed by atoms with Gasteiger partial charge in [-0.05, 0) is 17.7 Å². The zero-order valence-electron chi connectivity index (χ0n) is 11.6. The molecule has 0 saturated carbocycles. The molecule has 6 nitrogen and oxygen atoms in total. The van der Waals surface area contributed by atoms with E-state index in [2.05, 4.69) is 15.1 Å². The topological polar surface area (TPSA) is 75.0 Å². The number of hydrogen-bond acceptors (Lipinski definition) is 5. The first kappa shape index (κ1) is 13.8. The Morgan fingerprint density at radius 3 is 2.59 bits per heavy atom. The lowest BCUT2D eigenvalue weighted by molar-refractivity contribution is -0.126. The maximum absolute atomic E-state index is 12.2. The minimum absolute atomic E-state index is 0.0140. The molecule has 2 amide bonds. The summed E-state index contributed by atoms with van der Waals surface area (Å²) in [6.07, 6.45) is 4.62. The Balaban J connectivity index is 1.77. The van der Waals surface area contributed by atoms with Gasteiger partial charge in [-0.25, -0.2) is 4.99 Å². The molecule has 0 radical (unpaired) electrons. The Kier molecular flexibility index (Phi) is 3.82. The number of rotatable bonds is 2. The number of benzene rings is 1. The smallest absolute Gasteiger partial charge is 0.272 e. The molecule has 108 valence electrons. The van der Waals surface area contributed by atoms with Gasteiger partial charge in [0.2, 0.25) is 0 Å². The van der Waals surface area contributed by atoms with Crippen LogP contribution in [0.1, 0.15) is 22.3 Å². The molecule has 6 heteroatoms. The maximum atomic E-state index is 12.2. The Morgan fingerprint density at radius 1 is 1.14 bits per heavy atom. The SMILES string of the molecule is O=C1CC(N=Cc2ccccc2)=NN1C(=O)c1ccncc1. The van der Waals surface area contributed by atoms with E-state index in [0.29, 0.717) is 11.4 Å². The van der Waals surface area contributed by atoms with Crippen molar-refractivity contribution >= 4 is 23.9 Å². The van der Waals surface area contributed by atoms with E-state index >= 15 is 0 Å². The van der Waals surface area contributed by atoms with Gasteiger partial charge in [0.1, 0.15) is 0 Å². The van der Waals surface area contributed by atoms with Crippen LogP contribution < -0.4 is 0 Å². The van der Waals surface area contributed by atoms with Gasteiger partial charge in [-0.2, -0.15) is 5.01 Å². The Morgan fingerprint density at radius 2 is 1.86 bits per heavy atom. The van der Waals surface area contributed by atoms with Crippen molar-refractivity contribution in [1.29, 1.82) is 0 Å². The first-order chi connectivity index (χ1) is 10.7. The normalized spacial score (nSPS) is 14.5. The first-order valence-corrected chi connectivity index (χ1v) is 6.68. The molecule has 0 saturated heterocycles. The number of aromatic nitrogens is 1. The largest absolute Gasteiger partial charge is 0.281 e. The minimum atomic E-state index is -0.475. The molecule has 0 bridgehead atoms. The van der Waals surface area contributed by atoms with Gasteiger partial charge in [-0.1, -0.05) is 30.3 Å². The molecule has 1 aliphatic heterocycles. The van der Waals surface area contributed by atoms with Crippen LogP contribution in [0.15, 0.2) is 65.0 Å². The minimum Gasteiger partial charge on any atom is -0.272 e. The third-order valence-electron chi connectivity index (χ3n) is 3.04. The summed E-state index contributed by atoms with van der Waals surface area (Å²) in [6.45, 7) is 0. The van der Waals surface area contributed by atoms with Gasteiger partial charge in [0.25, 0.3) is 11.8 Å². The van der Waals surface area contributed by atoms with Crippen LogP contribution in [0.2, 0.25) is 0 Å². The second-order valence-corrected chi connectivity index (χ2v) is 4.61. The van der Waals surface area contributed by atoms with E-state index in [4.69, 9.17) is 0 Å². The molecule has 0 N–H and O–H groups in total. The van der Waals surface area contributed by atoms with Crippen LogP contribution in [0.3, 0.4) is 0 Å². The van der Waals surface area contributed by atoms with Gasteiger partial charge in [0, 0.05) is 24.2 Å². The number of amidine groups is 1. The van der Waals surface area contributed by atoms with Crippen molar-refractivity contribution in [1.82, 2.24) is 9.99 Å². The number of aliphatic imine (C=N–C) groups is 1. The van der Waals surface area contributed by atoms with Gasteiger partial charge in [0.15, 0.2) is 5.84 Å². The van der Waals surface area contributed by atoms with E-state index in [1.165, 1.54) is 24.5 Å². The standard InChI is InChI=1S/C16H12N4O2/c21-15-10-14(18-11-12-4-2-1-3-5-12)19-20(15)16(22)13-6-8-17-9-7-13/h1-9,11H,10H2. The number of nitrogens with zero attached hydrogens (tertiary/aromatic N) is 4. The first-order valence-electron chi connectivity index (χ1n) is 6.68. The fraction of sp³-hybridized carbons (Fsp3) is 0.0625. The van der Waals surface area contributed by atoms with E-state index in [9.17, 15) is 9.59 Å². The molecule has 0 aliphatic carbocycles. The predicted molar refractivity (Wildman–Crippen MR) is 81.5 cm³/mol. The Labute approximate surface area is 126 Å². The summed E-state index contributed by atoms with van der Waals surface area (Å²) in [7, 11) is 0. The molecule has 3 rings (SSSR count). The maximum Gasteiger partial charge on any atom is 0.281 e. The Hall–Kier alpha value is -3.15. The highest BCUT2D eigenvalue weighted by atomic mass is 16.2. The van der Waals surface area contributed by atoms with Crippen LogP contribution in [-0.4, -0.2) is 33.9 Å². The van der Waals surface area contributed by atoms with Gasteiger partial charge in [0.05, 0.1) is 6.42 Å². The summed E-state index contributed by atoms with van der Waals surface area (Å²) in [5.41, 5.74) is 1.26. The average Bonchev–Trinajstić information content (AvgIpc) is 2.95. The summed E-state index contributed by atoms with van der Waals surface area (Å²) < 4.78 is 0. The molecule has 0 spiro atoms. The van der Waals surface area contributed by atoms with Gasteiger partial charge in [-0.15, -0.1) is 5.10 Å². The summed E-state index contributed by atoms with van der Waals surface area (Å²) >= 11 is 0. The number of carbonyl (C=O) groups is 2. The van der Waals surface area contributed by atoms with Crippen molar-refractivity contribution in [3.8, 4) is 0 Å². The third kappa shape index (κ3) is 2.95. The van der Waals surface area contributed by atoms with Crippen molar-refractivity contribution in [2.45, 2.75) is 6.42 Å². The van der Waals surface area contributed by atoms with Crippen molar-refractivity contribution < 1.29 is 9.59 Å². The highest BCUT2D eigenvalue weighted by Gasteiger charge is 2.29.